The van der Waals surface area contributed by atoms with Crippen LogP contribution in [0.2, 0.25) is 0 Å². The van der Waals surface area contributed by atoms with Crippen LogP contribution in [-0.2, 0) is 22.5 Å². The maximum Gasteiger partial charge on any atom is 0.0919 e. The lowest BCUT2D eigenvalue weighted by Crippen LogP contribution is -2.32. The number of para-hydroxylation sites is 1. The summed E-state index contributed by atoms with van der Waals surface area (Å²) in [6.07, 6.45) is 1.03. The molecule has 1 aromatic carbocycles. The van der Waals surface area contributed by atoms with Crippen molar-refractivity contribution in [2.24, 2.45) is 0 Å². The molecule has 3 rings (SSSR count). The highest BCUT2D eigenvalue weighted by Crippen LogP contribution is 2.27. The number of H-pyrrole nitrogens is 1. The number of hydroxylamine groups is 2. The fraction of sp³-hybridized carbons (Fsp3) is 0.529. The summed E-state index contributed by atoms with van der Waals surface area (Å²) in [5, 5.41) is 3.38. The molecule has 0 fully saturated rings. The van der Waals surface area contributed by atoms with E-state index in [4.69, 9.17) is 9.57 Å². The molecule has 21 heavy (non-hydrogen) atoms. The van der Waals surface area contributed by atoms with Crippen LogP contribution in [0.1, 0.15) is 32.0 Å². The van der Waals surface area contributed by atoms with E-state index in [-0.39, 0.29) is 5.60 Å². The molecule has 0 saturated heterocycles. The summed E-state index contributed by atoms with van der Waals surface area (Å²) >= 11 is 0. The quantitative estimate of drug-likeness (QED) is 0.877. The molecule has 1 aliphatic rings. The summed E-state index contributed by atoms with van der Waals surface area (Å²) in [5.41, 5.74) is 3.84. The van der Waals surface area contributed by atoms with Crippen molar-refractivity contribution in [1.82, 2.24) is 10.0 Å². The van der Waals surface area contributed by atoms with Gasteiger partial charge in [0, 0.05) is 23.1 Å². The van der Waals surface area contributed by atoms with Crippen molar-refractivity contribution in [3.8, 4) is 0 Å². The predicted molar refractivity (Wildman–Crippen MR) is 84.1 cm³/mol. The van der Waals surface area contributed by atoms with E-state index in [1.54, 1.807) is 0 Å². The Balaban J connectivity index is 1.58. The van der Waals surface area contributed by atoms with Gasteiger partial charge in [0.05, 0.1) is 25.4 Å². The van der Waals surface area contributed by atoms with E-state index in [2.05, 4.69) is 50.0 Å². The van der Waals surface area contributed by atoms with Gasteiger partial charge in [0.2, 0.25) is 0 Å². The van der Waals surface area contributed by atoms with Crippen LogP contribution in [0.15, 0.2) is 24.3 Å². The average Bonchev–Trinajstić information content (AvgIpc) is 2.80. The van der Waals surface area contributed by atoms with E-state index in [0.29, 0.717) is 13.2 Å². The van der Waals surface area contributed by atoms with Crippen LogP contribution in [-0.4, -0.2) is 35.4 Å². The number of benzene rings is 1. The fourth-order valence-corrected chi connectivity index (χ4v) is 2.79. The first kappa shape index (κ1) is 14.6. The SMILES string of the molecule is CC(C)(C)OCCON1CCc2c([nH]c3ccccc23)C1. The van der Waals surface area contributed by atoms with Gasteiger partial charge in [0.1, 0.15) is 0 Å². The number of aromatic nitrogens is 1. The van der Waals surface area contributed by atoms with Crippen molar-refractivity contribution in [2.45, 2.75) is 39.3 Å². The molecule has 0 amide bonds. The van der Waals surface area contributed by atoms with Gasteiger partial charge in [-0.05, 0) is 38.8 Å². The van der Waals surface area contributed by atoms with E-state index in [0.717, 1.165) is 19.5 Å². The van der Waals surface area contributed by atoms with E-state index in [1.807, 2.05) is 5.06 Å². The molecule has 1 N–H and O–H groups in total. The van der Waals surface area contributed by atoms with E-state index in [1.165, 1.54) is 22.2 Å². The number of ether oxygens (including phenoxy) is 1. The van der Waals surface area contributed by atoms with Crippen LogP contribution in [0.3, 0.4) is 0 Å². The molecule has 1 aromatic heterocycles. The van der Waals surface area contributed by atoms with Gasteiger partial charge in [-0.25, -0.2) is 0 Å². The summed E-state index contributed by atoms with van der Waals surface area (Å²) < 4.78 is 5.68. The molecule has 4 nitrogen and oxygen atoms in total. The highest BCUT2D eigenvalue weighted by Gasteiger charge is 2.21. The van der Waals surface area contributed by atoms with Gasteiger partial charge in [-0.3, -0.25) is 4.84 Å². The lowest BCUT2D eigenvalue weighted by atomic mass is 10.0. The molecule has 0 spiro atoms. The van der Waals surface area contributed by atoms with Crippen molar-refractivity contribution >= 4 is 10.9 Å². The second-order valence-corrected chi connectivity index (χ2v) is 6.54. The van der Waals surface area contributed by atoms with Gasteiger partial charge in [-0.2, -0.15) is 5.06 Å². The summed E-state index contributed by atoms with van der Waals surface area (Å²) in [6, 6.07) is 8.50. The van der Waals surface area contributed by atoms with Crippen molar-refractivity contribution in [3.63, 3.8) is 0 Å². The number of nitrogens with zero attached hydrogens (tertiary/aromatic N) is 1. The zero-order valence-electron chi connectivity index (χ0n) is 13.1. The summed E-state index contributed by atoms with van der Waals surface area (Å²) in [7, 11) is 0. The second kappa shape index (κ2) is 5.79. The van der Waals surface area contributed by atoms with Crippen molar-refractivity contribution < 1.29 is 9.57 Å². The first-order chi connectivity index (χ1) is 10.0. The Bertz CT molecular complexity index is 613. The van der Waals surface area contributed by atoms with E-state index in [9.17, 15) is 0 Å². The Labute approximate surface area is 126 Å². The molecule has 0 saturated carbocycles. The molecule has 0 radical (unpaired) electrons. The molecule has 114 valence electrons. The number of nitrogens with one attached hydrogen (secondary N) is 1. The molecule has 0 bridgehead atoms. The normalized spacial score (nSPS) is 16.3. The number of fused-ring (bicyclic) bond motifs is 3. The van der Waals surface area contributed by atoms with Crippen LogP contribution in [0.4, 0.5) is 0 Å². The third kappa shape index (κ3) is 3.46. The molecule has 2 aromatic rings. The Hall–Kier alpha value is -1.36. The second-order valence-electron chi connectivity index (χ2n) is 6.54. The predicted octanol–water partition coefficient (Wildman–Crippen LogP) is 3.27. The van der Waals surface area contributed by atoms with E-state index >= 15 is 0 Å². The molecule has 0 aliphatic carbocycles. The number of rotatable bonds is 4. The minimum Gasteiger partial charge on any atom is -0.373 e. The molecule has 2 heterocycles. The summed E-state index contributed by atoms with van der Waals surface area (Å²) in [5.74, 6) is 0. The topological polar surface area (TPSA) is 37.5 Å². The van der Waals surface area contributed by atoms with Crippen LogP contribution < -0.4 is 0 Å². The lowest BCUT2D eigenvalue weighted by molar-refractivity contribution is -0.186. The minimum atomic E-state index is -0.102. The lowest BCUT2D eigenvalue weighted by Gasteiger charge is -2.27. The van der Waals surface area contributed by atoms with Crippen molar-refractivity contribution in [3.05, 3.63) is 35.5 Å². The smallest absolute Gasteiger partial charge is 0.0919 e. The number of hydrogen-bond donors (Lipinski definition) is 1. The Morgan fingerprint density at radius 2 is 2.00 bits per heavy atom. The monoisotopic (exact) mass is 288 g/mol. The molecule has 1 aliphatic heterocycles. The molecular weight excluding hydrogens is 264 g/mol. The first-order valence-electron chi connectivity index (χ1n) is 7.63. The Kier molecular flexibility index (Phi) is 4.02. The average molecular weight is 288 g/mol. The van der Waals surface area contributed by atoms with Crippen molar-refractivity contribution in [2.75, 3.05) is 19.8 Å². The standard InChI is InChI=1S/C17H24N2O2/c1-17(2,3)20-10-11-21-19-9-8-14-13-6-4-5-7-15(13)18-16(14)12-19/h4-7,18H,8-12H2,1-3H3. The third-order valence-corrected chi connectivity index (χ3v) is 3.74. The van der Waals surface area contributed by atoms with Gasteiger partial charge in [0.15, 0.2) is 0 Å². The third-order valence-electron chi connectivity index (χ3n) is 3.74. The van der Waals surface area contributed by atoms with E-state index < -0.39 is 0 Å². The largest absolute Gasteiger partial charge is 0.373 e. The van der Waals surface area contributed by atoms with Crippen LogP contribution in [0.25, 0.3) is 10.9 Å². The Morgan fingerprint density at radius 1 is 1.19 bits per heavy atom. The van der Waals surface area contributed by atoms with Crippen LogP contribution in [0, 0.1) is 0 Å². The summed E-state index contributed by atoms with van der Waals surface area (Å²) in [6.45, 7) is 9.16. The molecule has 0 atom stereocenters. The zero-order valence-corrected chi connectivity index (χ0v) is 13.1. The highest BCUT2D eigenvalue weighted by molar-refractivity contribution is 5.84. The van der Waals surface area contributed by atoms with Gasteiger partial charge in [-0.1, -0.05) is 18.2 Å². The molecule has 0 unspecified atom stereocenters. The Morgan fingerprint density at radius 3 is 2.81 bits per heavy atom. The van der Waals surface area contributed by atoms with Crippen LogP contribution >= 0.6 is 0 Å². The van der Waals surface area contributed by atoms with Crippen LogP contribution in [0.5, 0.6) is 0 Å². The maximum atomic E-state index is 5.82. The maximum absolute atomic E-state index is 5.82. The minimum absolute atomic E-state index is 0.102. The fourth-order valence-electron chi connectivity index (χ4n) is 2.79. The molecule has 4 heteroatoms. The van der Waals surface area contributed by atoms with Gasteiger partial charge in [0.25, 0.3) is 0 Å². The zero-order chi connectivity index (χ0) is 14.9. The first-order valence-corrected chi connectivity index (χ1v) is 7.63. The molecular formula is C17H24N2O2. The number of hydrogen-bond acceptors (Lipinski definition) is 3. The van der Waals surface area contributed by atoms with Gasteiger partial charge in [-0.15, -0.1) is 0 Å². The summed E-state index contributed by atoms with van der Waals surface area (Å²) in [4.78, 5) is 9.33. The van der Waals surface area contributed by atoms with Crippen molar-refractivity contribution in [1.29, 1.82) is 0 Å². The van der Waals surface area contributed by atoms with Gasteiger partial charge >= 0.3 is 0 Å². The number of aromatic amines is 1. The highest BCUT2D eigenvalue weighted by atomic mass is 16.7. The van der Waals surface area contributed by atoms with Gasteiger partial charge < -0.3 is 9.72 Å².